The van der Waals surface area contributed by atoms with Crippen LogP contribution >= 0.6 is 11.9 Å². The second-order valence-electron chi connectivity index (χ2n) is 4.93. The molecule has 0 fully saturated rings. The first-order chi connectivity index (χ1) is 6.48. The Kier molecular flexibility index (Phi) is 4.34. The summed E-state index contributed by atoms with van der Waals surface area (Å²) < 4.78 is 12.4. The van der Waals surface area contributed by atoms with Crippen molar-refractivity contribution in [3.8, 4) is 0 Å². The Balaban J connectivity index is 4.70. The Morgan fingerprint density at radius 3 is 1.80 bits per heavy atom. The molecule has 0 N–H and O–H groups in total. The molecule has 0 radical (unpaired) electrons. The van der Waals surface area contributed by atoms with E-state index < -0.39 is 16.3 Å². The van der Waals surface area contributed by atoms with Crippen molar-refractivity contribution in [1.29, 1.82) is 0 Å². The van der Waals surface area contributed by atoms with Crippen LogP contribution in [0.15, 0.2) is 0 Å². The minimum atomic E-state index is -1.55. The number of ketones is 1. The molecule has 0 rings (SSSR count). The molecule has 0 spiro atoms. The summed E-state index contributed by atoms with van der Waals surface area (Å²) in [5, 5.41) is 0. The van der Waals surface area contributed by atoms with Crippen molar-refractivity contribution in [2.24, 2.45) is 5.41 Å². The van der Waals surface area contributed by atoms with E-state index in [0.29, 0.717) is 0 Å². The van der Waals surface area contributed by atoms with Gasteiger partial charge in [0.15, 0.2) is 5.78 Å². The summed E-state index contributed by atoms with van der Waals surface area (Å²) in [5.41, 5.74) is -0.503. The molecule has 0 bridgehead atoms. The Labute approximate surface area is 94.5 Å². The van der Waals surface area contributed by atoms with Gasteiger partial charge in [-0.25, -0.2) is 4.79 Å². The lowest BCUT2D eigenvalue weighted by Gasteiger charge is -2.31. The lowest BCUT2D eigenvalue weighted by Crippen LogP contribution is -2.40. The largest absolute Gasteiger partial charge is 0.409 e. The van der Waals surface area contributed by atoms with E-state index in [2.05, 4.69) is 0 Å². The van der Waals surface area contributed by atoms with Crippen molar-refractivity contribution >= 4 is 23.9 Å². The van der Waals surface area contributed by atoms with Crippen molar-refractivity contribution < 1.29 is 14.0 Å². The molecule has 0 aliphatic rings. The molecular weight excluding hydrogens is 217 g/mol. The van der Waals surface area contributed by atoms with Gasteiger partial charge in [-0.3, -0.25) is 9.10 Å². The molecular formula is C10H18FNO2S. The number of carbonyl (C=O) groups is 2. The van der Waals surface area contributed by atoms with Crippen LogP contribution in [0.25, 0.3) is 0 Å². The molecule has 88 valence electrons. The standard InChI is InChI=1S/C10H18FNO2S/c1-9(2,3)7(13)10(4,5)15-12(6)8(11)14/h1-6H3. The SMILES string of the molecule is CN(SC(C)(C)C(=O)C(C)(C)C)C(=O)F. The van der Waals surface area contributed by atoms with Crippen LogP contribution in [0.5, 0.6) is 0 Å². The average molecular weight is 235 g/mol. The van der Waals surface area contributed by atoms with Gasteiger partial charge in [-0.2, -0.15) is 0 Å². The van der Waals surface area contributed by atoms with Gasteiger partial charge in [0.2, 0.25) is 0 Å². The van der Waals surface area contributed by atoms with Crippen LogP contribution in [0, 0.1) is 5.41 Å². The van der Waals surface area contributed by atoms with Gasteiger partial charge in [0.25, 0.3) is 0 Å². The van der Waals surface area contributed by atoms with Gasteiger partial charge in [-0.05, 0) is 25.8 Å². The fourth-order valence-corrected chi connectivity index (χ4v) is 2.47. The lowest BCUT2D eigenvalue weighted by atomic mass is 9.84. The first-order valence-electron chi connectivity index (χ1n) is 4.65. The van der Waals surface area contributed by atoms with Gasteiger partial charge in [0, 0.05) is 12.5 Å². The van der Waals surface area contributed by atoms with E-state index >= 15 is 0 Å². The molecule has 0 unspecified atom stereocenters. The minimum Gasteiger partial charge on any atom is -0.297 e. The van der Waals surface area contributed by atoms with Gasteiger partial charge < -0.3 is 0 Å². The molecule has 3 nitrogen and oxygen atoms in total. The summed E-state index contributed by atoms with van der Waals surface area (Å²) in [4.78, 5) is 22.4. The Hall–Kier alpha value is -0.580. The monoisotopic (exact) mass is 235 g/mol. The van der Waals surface area contributed by atoms with Gasteiger partial charge in [-0.15, -0.1) is 4.39 Å². The first-order valence-corrected chi connectivity index (χ1v) is 5.43. The highest BCUT2D eigenvalue weighted by molar-refractivity contribution is 7.99. The van der Waals surface area contributed by atoms with Crippen LogP contribution in [-0.4, -0.2) is 28.0 Å². The predicted molar refractivity (Wildman–Crippen MR) is 60.4 cm³/mol. The van der Waals surface area contributed by atoms with Crippen LogP contribution in [0.3, 0.4) is 0 Å². The van der Waals surface area contributed by atoms with E-state index in [1.54, 1.807) is 34.6 Å². The van der Waals surface area contributed by atoms with E-state index in [9.17, 15) is 14.0 Å². The molecule has 0 aliphatic carbocycles. The van der Waals surface area contributed by atoms with Crippen molar-refractivity contribution in [2.75, 3.05) is 7.05 Å². The molecule has 0 saturated carbocycles. The van der Waals surface area contributed by atoms with Crippen molar-refractivity contribution in [3.05, 3.63) is 0 Å². The summed E-state index contributed by atoms with van der Waals surface area (Å²) in [6.45, 7) is 8.77. The third-order valence-corrected chi connectivity index (χ3v) is 2.90. The number of hydrogen-bond acceptors (Lipinski definition) is 3. The van der Waals surface area contributed by atoms with E-state index in [0.717, 1.165) is 16.3 Å². The summed E-state index contributed by atoms with van der Waals surface area (Å²) in [7, 11) is 1.31. The van der Waals surface area contributed by atoms with Crippen LogP contribution in [0.4, 0.5) is 9.18 Å². The minimum absolute atomic E-state index is 0.0203. The quantitative estimate of drug-likeness (QED) is 0.428. The average Bonchev–Trinajstić information content (AvgIpc) is 2.00. The Bertz CT molecular complexity index is 271. The van der Waals surface area contributed by atoms with Crippen LogP contribution < -0.4 is 0 Å². The van der Waals surface area contributed by atoms with E-state index in [4.69, 9.17) is 0 Å². The molecule has 0 atom stereocenters. The molecule has 0 aromatic heterocycles. The normalized spacial score (nSPS) is 12.5. The Morgan fingerprint density at radius 1 is 1.13 bits per heavy atom. The van der Waals surface area contributed by atoms with Crippen molar-refractivity contribution in [1.82, 2.24) is 4.31 Å². The molecule has 1 amide bonds. The fraction of sp³-hybridized carbons (Fsp3) is 0.800. The zero-order valence-corrected chi connectivity index (χ0v) is 10.9. The van der Waals surface area contributed by atoms with E-state index in [-0.39, 0.29) is 5.78 Å². The van der Waals surface area contributed by atoms with Gasteiger partial charge in [0.1, 0.15) is 0 Å². The molecule has 0 aromatic rings. The van der Waals surface area contributed by atoms with Gasteiger partial charge >= 0.3 is 6.16 Å². The second kappa shape index (κ2) is 4.51. The van der Waals surface area contributed by atoms with Crippen LogP contribution in [0.1, 0.15) is 34.6 Å². The summed E-state index contributed by atoms with van der Waals surface area (Å²) in [6, 6.07) is 0. The maximum atomic E-state index is 12.3. The highest BCUT2D eigenvalue weighted by Crippen LogP contribution is 2.34. The molecule has 0 heterocycles. The number of nitrogens with zero attached hydrogens (tertiary/aromatic N) is 1. The summed E-state index contributed by atoms with van der Waals surface area (Å²) >= 11 is 0.904. The van der Waals surface area contributed by atoms with Gasteiger partial charge in [0.05, 0.1) is 4.75 Å². The smallest absolute Gasteiger partial charge is 0.297 e. The lowest BCUT2D eigenvalue weighted by molar-refractivity contribution is -0.127. The molecule has 0 aliphatic heterocycles. The number of Topliss-reactive ketones (excluding diaryl/α,β-unsaturated/α-hetero) is 1. The molecule has 0 saturated heterocycles. The summed E-state index contributed by atoms with van der Waals surface area (Å²) in [5.74, 6) is -0.0203. The predicted octanol–water partition coefficient (Wildman–Crippen LogP) is 3.05. The zero-order valence-electron chi connectivity index (χ0n) is 10.0. The molecule has 15 heavy (non-hydrogen) atoms. The van der Waals surface area contributed by atoms with Crippen LogP contribution in [-0.2, 0) is 4.79 Å². The number of amides is 1. The second-order valence-corrected chi connectivity index (χ2v) is 6.68. The highest BCUT2D eigenvalue weighted by Gasteiger charge is 2.38. The maximum Gasteiger partial charge on any atom is 0.409 e. The molecule has 0 aromatic carbocycles. The number of halogens is 1. The van der Waals surface area contributed by atoms with E-state index in [1.807, 2.05) is 0 Å². The third-order valence-electron chi connectivity index (χ3n) is 1.84. The van der Waals surface area contributed by atoms with Crippen LogP contribution in [0.2, 0.25) is 0 Å². The van der Waals surface area contributed by atoms with E-state index in [1.165, 1.54) is 7.05 Å². The number of hydrogen-bond donors (Lipinski definition) is 0. The Morgan fingerprint density at radius 2 is 1.53 bits per heavy atom. The first kappa shape index (κ1) is 14.4. The number of carbonyl (C=O) groups excluding carboxylic acids is 2. The maximum absolute atomic E-state index is 12.3. The molecule has 5 heteroatoms. The number of rotatable bonds is 3. The van der Waals surface area contributed by atoms with Crippen molar-refractivity contribution in [2.45, 2.75) is 39.4 Å². The zero-order chi connectivity index (χ0) is 12.4. The summed E-state index contributed by atoms with van der Waals surface area (Å²) in [6.07, 6.45) is -1.55. The van der Waals surface area contributed by atoms with Gasteiger partial charge in [-0.1, -0.05) is 20.8 Å². The highest BCUT2D eigenvalue weighted by atomic mass is 32.2. The fourth-order valence-electron chi connectivity index (χ4n) is 1.32. The topological polar surface area (TPSA) is 37.4 Å². The third kappa shape index (κ3) is 4.20. The van der Waals surface area contributed by atoms with Crippen molar-refractivity contribution in [3.63, 3.8) is 0 Å².